The zero-order valence-corrected chi connectivity index (χ0v) is 19.3. The fraction of sp³-hybridized carbons (Fsp3) is 0.300. The molecule has 2 heterocycles. The van der Waals surface area contributed by atoms with Crippen LogP contribution in [0, 0.1) is 0 Å². The molecule has 10 heteroatoms. The van der Waals surface area contributed by atoms with Gasteiger partial charge in [-0.2, -0.15) is 0 Å². The molecule has 0 bridgehead atoms. The Morgan fingerprint density at radius 1 is 0.633 bits per heavy atom. The van der Waals surface area contributed by atoms with Crippen molar-refractivity contribution in [1.29, 1.82) is 0 Å². The molecule has 166 valence electrons. The van der Waals surface area contributed by atoms with Gasteiger partial charge in [0.2, 0.25) is 0 Å². The van der Waals surface area contributed by atoms with Crippen LogP contribution >= 0.6 is 0 Å². The van der Waals surface area contributed by atoms with Crippen LogP contribution in [0.1, 0.15) is 24.5 Å². The lowest BCUT2D eigenvalue weighted by atomic mass is 10.0. The molecule has 0 unspecified atom stereocenters. The summed E-state index contributed by atoms with van der Waals surface area (Å²) < 4.78 is 0. The van der Waals surface area contributed by atoms with Gasteiger partial charge < -0.3 is 71.1 Å². The number of H-pyrrole nitrogens is 2. The molecular weight excluding hydrogens is 466 g/mol. The average molecular weight is 490 g/mol. The number of hydrogen-bond donors (Lipinski definition) is 4. The molecule has 4 rings (SSSR count). The number of nitrogens with two attached hydrogens (primary N) is 2. The van der Waals surface area contributed by atoms with E-state index in [1.807, 2.05) is 0 Å². The van der Waals surface area contributed by atoms with Crippen molar-refractivity contribution in [1.82, 2.24) is 19.9 Å². The lowest BCUT2D eigenvalue weighted by Crippen LogP contribution is -3.00. The Balaban J connectivity index is 0.00000210. The normalized spacial score (nSPS) is 10.1. The van der Waals surface area contributed by atoms with Gasteiger partial charge in [-0.15, -0.1) is 0 Å². The number of aromatic nitrogens is 4. The summed E-state index contributed by atoms with van der Waals surface area (Å²) in [5.41, 5.74) is 17.6. The van der Waals surface area contributed by atoms with Crippen LogP contribution in [0.5, 0.6) is 0 Å². The maximum absolute atomic E-state index is 5.59. The zero-order chi connectivity index (χ0) is 17.9. The van der Waals surface area contributed by atoms with Gasteiger partial charge in [-0.1, -0.05) is 12.1 Å². The summed E-state index contributed by atoms with van der Waals surface area (Å²) in [6.45, 7) is 1.36. The van der Waals surface area contributed by atoms with Crippen molar-refractivity contribution in [2.24, 2.45) is 11.5 Å². The van der Waals surface area contributed by atoms with Crippen molar-refractivity contribution in [3.05, 3.63) is 48.0 Å². The van der Waals surface area contributed by atoms with E-state index >= 15 is 0 Å². The predicted molar refractivity (Wildman–Crippen MR) is 106 cm³/mol. The molecule has 2 aromatic heterocycles. The van der Waals surface area contributed by atoms with Gasteiger partial charge in [0.25, 0.3) is 0 Å². The molecule has 0 amide bonds. The highest BCUT2D eigenvalue weighted by Crippen LogP contribution is 2.26. The summed E-state index contributed by atoms with van der Waals surface area (Å²) in [7, 11) is 0. The second kappa shape index (κ2) is 13.0. The average Bonchev–Trinajstić information content (AvgIpc) is 3.26. The molecular formula is C20H24Cl4N6-4. The molecule has 0 aliphatic carbocycles. The summed E-state index contributed by atoms with van der Waals surface area (Å²) in [4.78, 5) is 16.1. The molecule has 6 N–H and O–H groups in total. The molecule has 0 spiro atoms. The lowest BCUT2D eigenvalue weighted by molar-refractivity contribution is -0.00100. The number of benzene rings is 2. The van der Waals surface area contributed by atoms with Crippen LogP contribution in [-0.4, -0.2) is 33.0 Å². The second-order valence-corrected chi connectivity index (χ2v) is 6.62. The number of aromatic amines is 2. The highest BCUT2D eigenvalue weighted by Gasteiger charge is 2.08. The first kappa shape index (κ1) is 28.5. The number of rotatable bonds is 7. The number of imidazole rings is 2. The Morgan fingerprint density at radius 3 is 1.40 bits per heavy atom. The quantitative estimate of drug-likeness (QED) is 0.206. The summed E-state index contributed by atoms with van der Waals surface area (Å²) in [5, 5.41) is 0. The third kappa shape index (κ3) is 6.23. The van der Waals surface area contributed by atoms with Crippen molar-refractivity contribution >= 4 is 22.1 Å². The summed E-state index contributed by atoms with van der Waals surface area (Å²) >= 11 is 0. The van der Waals surface area contributed by atoms with E-state index in [0.29, 0.717) is 13.1 Å². The van der Waals surface area contributed by atoms with Crippen LogP contribution in [-0.2, 0) is 12.8 Å². The summed E-state index contributed by atoms with van der Waals surface area (Å²) in [6.07, 6.45) is 3.64. The molecule has 2 aromatic carbocycles. The van der Waals surface area contributed by atoms with Crippen molar-refractivity contribution in [3.63, 3.8) is 0 Å². The van der Waals surface area contributed by atoms with Crippen molar-refractivity contribution in [2.45, 2.75) is 25.7 Å². The summed E-state index contributed by atoms with van der Waals surface area (Å²) in [5.74, 6) is 1.99. The molecule has 4 aromatic rings. The van der Waals surface area contributed by atoms with E-state index in [1.54, 1.807) is 0 Å². The molecule has 0 saturated carbocycles. The third-order valence-corrected chi connectivity index (χ3v) is 4.63. The van der Waals surface area contributed by atoms with Crippen molar-refractivity contribution in [2.75, 3.05) is 13.1 Å². The largest absolute Gasteiger partial charge is 1.00 e. The maximum atomic E-state index is 5.59. The van der Waals surface area contributed by atoms with Gasteiger partial charge in [-0.3, -0.25) is 0 Å². The molecule has 0 radical (unpaired) electrons. The first-order chi connectivity index (χ1) is 12.8. The topological polar surface area (TPSA) is 109 Å². The van der Waals surface area contributed by atoms with Crippen molar-refractivity contribution in [3.8, 4) is 11.1 Å². The Bertz CT molecular complexity index is 962. The standard InChI is InChI=1S/C20H24N6.4ClH/c21-9-1-3-19-23-15-7-5-13(11-17(15)25-19)14-6-8-16-18(12-14)26-20(24-16)4-2-10-22;;;;/h5-8,11-12H,1-4,9-10,21-22H2,(H,23,25)(H,24,26);4*1H/p-4. The van der Waals surface area contributed by atoms with Crippen LogP contribution in [0.4, 0.5) is 0 Å². The van der Waals surface area contributed by atoms with Crippen LogP contribution in [0.3, 0.4) is 0 Å². The smallest absolute Gasteiger partial charge is 0.107 e. The van der Waals surface area contributed by atoms with Gasteiger partial charge in [0.05, 0.1) is 22.1 Å². The van der Waals surface area contributed by atoms with Gasteiger partial charge in [0, 0.05) is 12.8 Å². The Morgan fingerprint density at radius 2 is 1.03 bits per heavy atom. The number of nitrogens with zero attached hydrogens (tertiary/aromatic N) is 2. The van der Waals surface area contributed by atoms with Gasteiger partial charge in [-0.05, 0) is 61.3 Å². The van der Waals surface area contributed by atoms with Crippen LogP contribution in [0.25, 0.3) is 33.2 Å². The van der Waals surface area contributed by atoms with Crippen LogP contribution in [0.15, 0.2) is 36.4 Å². The minimum absolute atomic E-state index is 0. The fourth-order valence-electron chi connectivity index (χ4n) is 3.26. The van der Waals surface area contributed by atoms with Crippen LogP contribution < -0.4 is 61.1 Å². The van der Waals surface area contributed by atoms with Crippen molar-refractivity contribution < 1.29 is 49.6 Å². The van der Waals surface area contributed by atoms with Crippen LogP contribution in [0.2, 0.25) is 0 Å². The van der Waals surface area contributed by atoms with E-state index in [9.17, 15) is 0 Å². The lowest BCUT2D eigenvalue weighted by Gasteiger charge is -2.01. The number of nitrogens with one attached hydrogen (secondary N) is 2. The molecule has 30 heavy (non-hydrogen) atoms. The Labute approximate surface area is 200 Å². The SMILES string of the molecule is NCCCc1nc2ccc(-c3ccc4nc(CCCN)[nH]c4c3)cc2[nH]1.[Cl-].[Cl-].[Cl-].[Cl-]. The van der Waals surface area contributed by atoms with Gasteiger partial charge in [0.1, 0.15) is 11.6 Å². The highest BCUT2D eigenvalue weighted by molar-refractivity contribution is 5.86. The minimum Gasteiger partial charge on any atom is -1.00 e. The van der Waals surface area contributed by atoms with Gasteiger partial charge in [-0.25, -0.2) is 9.97 Å². The number of fused-ring (bicyclic) bond motifs is 2. The highest BCUT2D eigenvalue weighted by atomic mass is 35.5. The first-order valence-electron chi connectivity index (χ1n) is 9.14. The van der Waals surface area contributed by atoms with E-state index in [2.05, 4.69) is 56.3 Å². The van der Waals surface area contributed by atoms with Gasteiger partial charge in [0.15, 0.2) is 0 Å². The number of halogens is 4. The van der Waals surface area contributed by atoms with E-state index in [0.717, 1.165) is 70.5 Å². The zero-order valence-electron chi connectivity index (χ0n) is 16.3. The second-order valence-electron chi connectivity index (χ2n) is 6.62. The van der Waals surface area contributed by atoms with Gasteiger partial charge >= 0.3 is 0 Å². The Kier molecular flexibility index (Phi) is 12.3. The monoisotopic (exact) mass is 488 g/mol. The van der Waals surface area contributed by atoms with E-state index < -0.39 is 0 Å². The molecule has 6 nitrogen and oxygen atoms in total. The molecule has 0 atom stereocenters. The fourth-order valence-corrected chi connectivity index (χ4v) is 3.26. The number of aryl methyl sites for hydroxylation is 2. The molecule has 0 aliphatic rings. The van der Waals surface area contributed by atoms with E-state index in [4.69, 9.17) is 11.5 Å². The summed E-state index contributed by atoms with van der Waals surface area (Å²) in [6, 6.07) is 12.7. The maximum Gasteiger partial charge on any atom is 0.107 e. The van der Waals surface area contributed by atoms with E-state index in [-0.39, 0.29) is 49.6 Å². The third-order valence-electron chi connectivity index (χ3n) is 4.63. The minimum atomic E-state index is 0. The number of hydrogen-bond acceptors (Lipinski definition) is 4. The predicted octanol–water partition coefficient (Wildman–Crippen LogP) is -9.10. The molecule has 0 aliphatic heterocycles. The Hall–Kier alpha value is -1.54. The van der Waals surface area contributed by atoms with E-state index in [1.165, 1.54) is 0 Å². The molecule has 0 fully saturated rings. The molecule has 0 saturated heterocycles. The first-order valence-corrected chi connectivity index (χ1v) is 9.14.